The fraction of sp³-hybridized carbons (Fsp3) is 0.103. The molecular weight excluding hydrogens is 563 g/mol. The second kappa shape index (κ2) is 13.1. The molecule has 0 aliphatic heterocycles. The van der Waals surface area contributed by atoms with Crippen molar-refractivity contribution in [1.29, 1.82) is 0 Å². The summed E-state index contributed by atoms with van der Waals surface area (Å²) in [5.41, 5.74) is 4.36. The molecular formula is C29H22ClN2NaO4S2. The van der Waals surface area contributed by atoms with Crippen molar-refractivity contribution in [3.05, 3.63) is 117 Å². The summed E-state index contributed by atoms with van der Waals surface area (Å²) < 4.78 is 34.1. The number of aryl methyl sites for hydroxylation is 1. The molecule has 6 nitrogen and oxygen atoms in total. The van der Waals surface area contributed by atoms with Gasteiger partial charge in [0.1, 0.15) is 26.6 Å². The number of carbonyl (C=O) groups excluding carboxylic acids is 1. The standard InChI is InChI=1S/C29H23ClN2O4S2.Na/c30-23-13-10-21-11-14-24(31-27(21)18-23)19-36-25-7-3-6-22(17-25)26-8-2-1-5-20(26)12-15-28(33)32-38(34,35)29-9-4-16-37-29;/h1-11,13-14,16-18H,12,15,19H2,(H,32,33);/q;+1/p-1. The molecule has 0 saturated carbocycles. The summed E-state index contributed by atoms with van der Waals surface area (Å²) >= 11 is 7.14. The summed E-state index contributed by atoms with van der Waals surface area (Å²) in [6.45, 7) is 0.294. The van der Waals surface area contributed by atoms with Crippen LogP contribution in [0.3, 0.4) is 0 Å². The minimum Gasteiger partial charge on any atom is -0.541 e. The van der Waals surface area contributed by atoms with E-state index in [1.807, 2.05) is 78.9 Å². The molecule has 2 aromatic heterocycles. The number of hydrogen-bond acceptors (Lipinski definition) is 6. The van der Waals surface area contributed by atoms with E-state index in [1.165, 1.54) is 6.07 Å². The van der Waals surface area contributed by atoms with Crippen molar-refractivity contribution in [2.24, 2.45) is 0 Å². The Labute approximate surface area is 258 Å². The summed E-state index contributed by atoms with van der Waals surface area (Å²) in [6, 6.07) is 27.9. The first kappa shape index (κ1) is 29.3. The molecule has 2 heterocycles. The first-order valence-electron chi connectivity index (χ1n) is 11.8. The molecule has 0 unspecified atom stereocenters. The van der Waals surface area contributed by atoms with E-state index < -0.39 is 15.9 Å². The SMILES string of the molecule is O=C(CCc1ccccc1-c1cccc(OCc2ccc3ccc(Cl)cc3n2)c1)[N-]S(=O)(=O)c1cccs1.[Na+]. The minimum atomic E-state index is -3.97. The molecule has 0 aliphatic rings. The molecule has 3 aromatic carbocycles. The Balaban J connectivity index is 0.00000353. The van der Waals surface area contributed by atoms with Gasteiger partial charge in [0.25, 0.3) is 0 Å². The van der Waals surface area contributed by atoms with E-state index in [-0.39, 0.29) is 40.2 Å². The zero-order valence-electron chi connectivity index (χ0n) is 21.1. The van der Waals surface area contributed by atoms with Gasteiger partial charge in [-0.15, -0.1) is 11.3 Å². The number of fused-ring (bicyclic) bond motifs is 1. The van der Waals surface area contributed by atoms with Crippen LogP contribution >= 0.6 is 22.9 Å². The van der Waals surface area contributed by atoms with E-state index in [0.29, 0.717) is 23.8 Å². The molecule has 0 atom stereocenters. The van der Waals surface area contributed by atoms with E-state index in [4.69, 9.17) is 16.3 Å². The third-order valence-corrected chi connectivity index (χ3v) is 8.75. The fourth-order valence-corrected chi connectivity index (χ4v) is 6.10. The number of amides is 1. The summed E-state index contributed by atoms with van der Waals surface area (Å²) in [5, 5.41) is 3.27. The minimum absolute atomic E-state index is 0. The number of nitrogens with zero attached hydrogens (tertiary/aromatic N) is 2. The van der Waals surface area contributed by atoms with Gasteiger partial charge in [-0.3, -0.25) is 0 Å². The second-order valence-corrected chi connectivity index (χ2v) is 11.7. The number of pyridine rings is 1. The molecule has 39 heavy (non-hydrogen) atoms. The summed E-state index contributed by atoms with van der Waals surface area (Å²) in [4.78, 5) is 17.0. The molecule has 5 rings (SSSR count). The molecule has 0 saturated heterocycles. The zero-order valence-corrected chi connectivity index (χ0v) is 25.5. The molecule has 0 aliphatic carbocycles. The van der Waals surface area contributed by atoms with Crippen molar-refractivity contribution >= 4 is 49.8 Å². The Hall–Kier alpha value is -2.72. The van der Waals surface area contributed by atoms with Crippen LogP contribution < -0.4 is 34.3 Å². The Morgan fingerprint density at radius 1 is 0.949 bits per heavy atom. The Morgan fingerprint density at radius 2 is 1.77 bits per heavy atom. The van der Waals surface area contributed by atoms with Crippen LogP contribution in [0.4, 0.5) is 0 Å². The Morgan fingerprint density at radius 3 is 2.59 bits per heavy atom. The van der Waals surface area contributed by atoms with E-state index >= 15 is 0 Å². The van der Waals surface area contributed by atoms with E-state index in [2.05, 4.69) is 9.71 Å². The van der Waals surface area contributed by atoms with Crippen LogP contribution in [0.5, 0.6) is 5.75 Å². The van der Waals surface area contributed by atoms with Crippen molar-refractivity contribution in [2.45, 2.75) is 23.7 Å². The summed E-state index contributed by atoms with van der Waals surface area (Å²) in [6.07, 6.45) is 0.336. The van der Waals surface area contributed by atoms with Gasteiger partial charge in [-0.05, 0) is 71.3 Å². The predicted octanol–water partition coefficient (Wildman–Crippen LogP) is 4.42. The number of carbonyl (C=O) groups is 1. The largest absolute Gasteiger partial charge is 1.00 e. The molecule has 0 N–H and O–H groups in total. The number of hydrogen-bond donors (Lipinski definition) is 0. The smallest absolute Gasteiger partial charge is 0.541 e. The Kier molecular flexibility index (Phi) is 9.82. The molecule has 0 fully saturated rings. The van der Waals surface area contributed by atoms with Crippen molar-refractivity contribution in [2.75, 3.05) is 0 Å². The monoisotopic (exact) mass is 584 g/mol. The van der Waals surface area contributed by atoms with E-state index in [0.717, 1.165) is 44.6 Å². The number of rotatable bonds is 9. The van der Waals surface area contributed by atoms with Crippen LogP contribution in [0.25, 0.3) is 26.8 Å². The van der Waals surface area contributed by atoms with Crippen LogP contribution in [0, 0.1) is 0 Å². The summed E-state index contributed by atoms with van der Waals surface area (Å²) in [5.74, 6) is 0.00729. The van der Waals surface area contributed by atoms with E-state index in [9.17, 15) is 13.2 Å². The third-order valence-electron chi connectivity index (χ3n) is 5.84. The number of halogens is 1. The van der Waals surface area contributed by atoms with Gasteiger partial charge < -0.3 is 14.3 Å². The van der Waals surface area contributed by atoms with Gasteiger partial charge in [0.15, 0.2) is 0 Å². The average molecular weight is 585 g/mol. The molecule has 0 radical (unpaired) electrons. The predicted molar refractivity (Wildman–Crippen MR) is 151 cm³/mol. The van der Waals surface area contributed by atoms with Crippen LogP contribution in [0.15, 0.2) is 101 Å². The van der Waals surface area contributed by atoms with Gasteiger partial charge in [-0.1, -0.05) is 66.2 Å². The van der Waals surface area contributed by atoms with Crippen LogP contribution in [-0.2, 0) is 27.8 Å². The van der Waals surface area contributed by atoms with Crippen molar-refractivity contribution in [1.82, 2.24) is 4.98 Å². The summed E-state index contributed by atoms with van der Waals surface area (Å²) in [7, 11) is -3.97. The second-order valence-electron chi connectivity index (χ2n) is 8.51. The molecule has 1 amide bonds. The maximum Gasteiger partial charge on any atom is 1.00 e. The molecule has 192 valence electrons. The first-order valence-corrected chi connectivity index (χ1v) is 14.5. The maximum atomic E-state index is 12.4. The number of ether oxygens (including phenoxy) is 1. The normalized spacial score (nSPS) is 11.1. The Bertz CT molecular complexity index is 1710. The first-order chi connectivity index (χ1) is 18.4. The van der Waals surface area contributed by atoms with Crippen LogP contribution in [0.2, 0.25) is 5.02 Å². The average Bonchev–Trinajstić information content (AvgIpc) is 3.47. The third kappa shape index (κ3) is 7.48. The number of sulfonamides is 1. The van der Waals surface area contributed by atoms with Gasteiger partial charge in [-0.25, -0.2) is 13.4 Å². The fourth-order valence-electron chi connectivity index (χ4n) is 4.02. The van der Waals surface area contributed by atoms with E-state index in [1.54, 1.807) is 11.4 Å². The van der Waals surface area contributed by atoms with Gasteiger partial charge >= 0.3 is 29.6 Å². The topological polar surface area (TPSA) is 87.4 Å². The van der Waals surface area contributed by atoms with Gasteiger partial charge in [-0.2, -0.15) is 0 Å². The van der Waals surface area contributed by atoms with Gasteiger partial charge in [0, 0.05) is 10.4 Å². The van der Waals surface area contributed by atoms with Crippen LogP contribution in [0.1, 0.15) is 17.7 Å². The molecule has 5 aromatic rings. The van der Waals surface area contributed by atoms with Crippen LogP contribution in [-0.4, -0.2) is 19.3 Å². The van der Waals surface area contributed by atoms with Crippen molar-refractivity contribution < 1.29 is 47.5 Å². The van der Waals surface area contributed by atoms with Crippen molar-refractivity contribution in [3.63, 3.8) is 0 Å². The van der Waals surface area contributed by atoms with Gasteiger partial charge in [0.05, 0.1) is 17.1 Å². The zero-order chi connectivity index (χ0) is 26.5. The number of benzene rings is 3. The molecule has 0 spiro atoms. The molecule has 0 bridgehead atoms. The molecule has 10 heteroatoms. The maximum absolute atomic E-state index is 12.4. The number of aromatic nitrogens is 1. The van der Waals surface area contributed by atoms with Crippen molar-refractivity contribution in [3.8, 4) is 16.9 Å². The quantitative estimate of drug-likeness (QED) is 0.239. The van der Waals surface area contributed by atoms with Gasteiger partial charge in [0.2, 0.25) is 0 Å². The number of thiophene rings is 1.